The van der Waals surface area contributed by atoms with Gasteiger partial charge < -0.3 is 4.57 Å². The van der Waals surface area contributed by atoms with Gasteiger partial charge in [0.1, 0.15) is 0 Å². The molecule has 2 nitrogen and oxygen atoms in total. The lowest BCUT2D eigenvalue weighted by atomic mass is 9.95. The lowest BCUT2D eigenvalue weighted by Crippen LogP contribution is -2.15. The van der Waals surface area contributed by atoms with E-state index in [1.807, 2.05) is 12.3 Å². The van der Waals surface area contributed by atoms with Gasteiger partial charge in [0.05, 0.1) is 5.69 Å². The Morgan fingerprint density at radius 3 is 2.50 bits per heavy atom. The molecule has 0 bridgehead atoms. The fraction of sp³-hybridized carbons (Fsp3) is 0.450. The van der Waals surface area contributed by atoms with Crippen LogP contribution in [0.3, 0.4) is 0 Å². The van der Waals surface area contributed by atoms with Crippen LogP contribution in [0.2, 0.25) is 0 Å². The number of nitrogens with zero attached hydrogens (tertiary/aromatic N) is 2. The van der Waals surface area contributed by atoms with Gasteiger partial charge in [-0.05, 0) is 51.3 Å². The summed E-state index contributed by atoms with van der Waals surface area (Å²) in [5.74, 6) is 0. The first kappa shape index (κ1) is 15.1. The van der Waals surface area contributed by atoms with Gasteiger partial charge in [0.15, 0.2) is 0 Å². The van der Waals surface area contributed by atoms with E-state index in [0.717, 1.165) is 5.69 Å². The molecule has 0 amide bonds. The molecule has 1 aromatic heterocycles. The van der Waals surface area contributed by atoms with Crippen molar-refractivity contribution in [2.24, 2.45) is 4.99 Å². The lowest BCUT2D eigenvalue weighted by Gasteiger charge is -2.26. The van der Waals surface area contributed by atoms with Crippen LogP contribution in [0, 0.1) is 20.8 Å². The highest BCUT2D eigenvalue weighted by molar-refractivity contribution is 5.84. The second kappa shape index (κ2) is 6.51. The third-order valence-corrected chi connectivity index (χ3v) is 4.92. The maximum atomic E-state index is 4.70. The van der Waals surface area contributed by atoms with Crippen molar-refractivity contribution >= 4 is 11.9 Å². The molecule has 22 heavy (non-hydrogen) atoms. The van der Waals surface area contributed by atoms with E-state index in [0.29, 0.717) is 6.04 Å². The van der Waals surface area contributed by atoms with Crippen LogP contribution in [-0.2, 0) is 0 Å². The molecule has 1 saturated carbocycles. The lowest BCUT2D eigenvalue weighted by molar-refractivity contribution is 0.346. The van der Waals surface area contributed by atoms with Crippen LogP contribution in [0.1, 0.15) is 60.7 Å². The molecule has 1 fully saturated rings. The van der Waals surface area contributed by atoms with Crippen LogP contribution < -0.4 is 0 Å². The molecule has 3 rings (SSSR count). The number of rotatable bonds is 3. The van der Waals surface area contributed by atoms with Gasteiger partial charge in [-0.25, -0.2) is 0 Å². The van der Waals surface area contributed by atoms with Crippen LogP contribution in [-0.4, -0.2) is 10.8 Å². The Bertz CT molecular complexity index is 673. The maximum Gasteiger partial charge on any atom is 0.0659 e. The number of hydrogen-bond donors (Lipinski definition) is 0. The number of aryl methyl sites for hydroxylation is 2. The summed E-state index contributed by atoms with van der Waals surface area (Å²) in [6.07, 6.45) is 8.82. The minimum Gasteiger partial charge on any atom is -0.345 e. The van der Waals surface area contributed by atoms with Crippen LogP contribution >= 0.6 is 0 Å². The first-order chi connectivity index (χ1) is 10.7. The van der Waals surface area contributed by atoms with Crippen LogP contribution in [0.25, 0.3) is 0 Å². The van der Waals surface area contributed by atoms with Crippen molar-refractivity contribution in [2.45, 2.75) is 58.9 Å². The second-order valence-corrected chi connectivity index (χ2v) is 6.53. The summed E-state index contributed by atoms with van der Waals surface area (Å²) in [6.45, 7) is 6.57. The number of aromatic nitrogens is 1. The molecular formula is C20H26N2. The first-order valence-corrected chi connectivity index (χ1v) is 8.45. The molecule has 1 aliphatic carbocycles. The first-order valence-electron chi connectivity index (χ1n) is 8.45. The smallest absolute Gasteiger partial charge is 0.0659 e. The molecule has 116 valence electrons. The summed E-state index contributed by atoms with van der Waals surface area (Å²) in [5, 5.41) is 0. The van der Waals surface area contributed by atoms with Gasteiger partial charge in [-0.3, -0.25) is 4.99 Å². The Balaban J connectivity index is 1.87. The van der Waals surface area contributed by atoms with Gasteiger partial charge in [0, 0.05) is 29.2 Å². The predicted octanol–water partition coefficient (Wildman–Crippen LogP) is 5.67. The van der Waals surface area contributed by atoms with Gasteiger partial charge in [-0.15, -0.1) is 0 Å². The standard InChI is InChI=1S/C20H26N2/c1-15-9-7-8-12-20(15)21-14-18-13-16(2)22(17(18)3)19-10-5-4-6-11-19/h7-9,12-14,19H,4-6,10-11H2,1-3H3. The van der Waals surface area contributed by atoms with Crippen molar-refractivity contribution in [3.05, 3.63) is 52.8 Å². The third-order valence-electron chi connectivity index (χ3n) is 4.92. The number of aliphatic imine (C=N–C) groups is 1. The highest BCUT2D eigenvalue weighted by Gasteiger charge is 2.19. The van der Waals surface area contributed by atoms with E-state index in [1.165, 1.54) is 54.6 Å². The Morgan fingerprint density at radius 1 is 1.05 bits per heavy atom. The fourth-order valence-electron chi connectivity index (χ4n) is 3.68. The van der Waals surface area contributed by atoms with Crippen LogP contribution in [0.4, 0.5) is 5.69 Å². The van der Waals surface area contributed by atoms with E-state index < -0.39 is 0 Å². The van der Waals surface area contributed by atoms with E-state index in [-0.39, 0.29) is 0 Å². The molecular weight excluding hydrogens is 268 g/mol. The van der Waals surface area contributed by atoms with Crippen LogP contribution in [0.15, 0.2) is 35.3 Å². The highest BCUT2D eigenvalue weighted by atomic mass is 15.0. The number of hydrogen-bond acceptors (Lipinski definition) is 1. The summed E-state index contributed by atoms with van der Waals surface area (Å²) < 4.78 is 2.54. The Hall–Kier alpha value is -1.83. The molecule has 2 heteroatoms. The summed E-state index contributed by atoms with van der Waals surface area (Å²) in [7, 11) is 0. The van der Waals surface area contributed by atoms with Gasteiger partial charge in [0.25, 0.3) is 0 Å². The summed E-state index contributed by atoms with van der Waals surface area (Å²) in [6, 6.07) is 11.3. The molecule has 0 atom stereocenters. The van der Waals surface area contributed by atoms with Gasteiger partial charge in [-0.2, -0.15) is 0 Å². The average Bonchev–Trinajstić information content (AvgIpc) is 2.81. The molecule has 1 aliphatic rings. The Kier molecular flexibility index (Phi) is 4.47. The van der Waals surface area contributed by atoms with E-state index in [9.17, 15) is 0 Å². The van der Waals surface area contributed by atoms with Crippen molar-refractivity contribution < 1.29 is 0 Å². The number of para-hydroxylation sites is 1. The predicted molar refractivity (Wildman–Crippen MR) is 94.5 cm³/mol. The fourth-order valence-corrected chi connectivity index (χ4v) is 3.68. The maximum absolute atomic E-state index is 4.70. The van der Waals surface area contributed by atoms with Crippen molar-refractivity contribution in [3.8, 4) is 0 Å². The minimum absolute atomic E-state index is 0.689. The number of benzene rings is 1. The van der Waals surface area contributed by atoms with Crippen molar-refractivity contribution in [1.82, 2.24) is 4.57 Å². The molecule has 0 N–H and O–H groups in total. The van der Waals surface area contributed by atoms with Crippen molar-refractivity contribution in [1.29, 1.82) is 0 Å². The molecule has 0 unspecified atom stereocenters. The van der Waals surface area contributed by atoms with E-state index in [2.05, 4.69) is 49.6 Å². The second-order valence-electron chi connectivity index (χ2n) is 6.53. The van der Waals surface area contributed by atoms with Crippen LogP contribution in [0.5, 0.6) is 0 Å². The summed E-state index contributed by atoms with van der Waals surface area (Å²) >= 11 is 0. The zero-order chi connectivity index (χ0) is 15.5. The quantitative estimate of drug-likeness (QED) is 0.649. The molecule has 1 heterocycles. The normalized spacial score (nSPS) is 16.5. The van der Waals surface area contributed by atoms with Crippen molar-refractivity contribution in [3.63, 3.8) is 0 Å². The molecule has 0 radical (unpaired) electrons. The third kappa shape index (κ3) is 3.01. The largest absolute Gasteiger partial charge is 0.345 e. The molecule has 0 aliphatic heterocycles. The van der Waals surface area contributed by atoms with Gasteiger partial charge in [-0.1, -0.05) is 37.5 Å². The highest BCUT2D eigenvalue weighted by Crippen LogP contribution is 2.32. The van der Waals surface area contributed by atoms with E-state index in [4.69, 9.17) is 4.99 Å². The molecule has 0 spiro atoms. The Labute approximate surface area is 133 Å². The topological polar surface area (TPSA) is 17.3 Å². The van der Waals surface area contributed by atoms with Gasteiger partial charge in [0.2, 0.25) is 0 Å². The van der Waals surface area contributed by atoms with Gasteiger partial charge >= 0.3 is 0 Å². The molecule has 1 aromatic carbocycles. The SMILES string of the molecule is Cc1ccccc1N=Cc1cc(C)n(C2CCCCC2)c1C. The monoisotopic (exact) mass is 294 g/mol. The summed E-state index contributed by atoms with van der Waals surface area (Å²) in [4.78, 5) is 4.70. The molecule has 2 aromatic rings. The zero-order valence-corrected chi connectivity index (χ0v) is 14.0. The zero-order valence-electron chi connectivity index (χ0n) is 14.0. The Morgan fingerprint density at radius 2 is 1.77 bits per heavy atom. The van der Waals surface area contributed by atoms with E-state index in [1.54, 1.807) is 0 Å². The van der Waals surface area contributed by atoms with E-state index >= 15 is 0 Å². The molecule has 0 saturated heterocycles. The minimum atomic E-state index is 0.689. The average molecular weight is 294 g/mol. The van der Waals surface area contributed by atoms with Crippen molar-refractivity contribution in [2.75, 3.05) is 0 Å². The summed E-state index contributed by atoms with van der Waals surface area (Å²) in [5.41, 5.74) is 6.27.